The number of carbonyl (C=O) groups excluding carboxylic acids is 2. The van der Waals surface area contributed by atoms with Crippen molar-refractivity contribution in [3.63, 3.8) is 0 Å². The summed E-state index contributed by atoms with van der Waals surface area (Å²) >= 11 is 0. The smallest absolute Gasteiger partial charge is 0.248 e. The molecule has 1 heterocycles. The van der Waals surface area contributed by atoms with Crippen molar-refractivity contribution < 1.29 is 9.59 Å². The van der Waals surface area contributed by atoms with E-state index in [1.807, 2.05) is 19.2 Å². The van der Waals surface area contributed by atoms with Crippen LogP contribution in [-0.2, 0) is 4.79 Å². The van der Waals surface area contributed by atoms with E-state index in [0.717, 1.165) is 11.3 Å². The van der Waals surface area contributed by atoms with Crippen LogP contribution in [0.4, 0.5) is 5.69 Å². The lowest BCUT2D eigenvalue weighted by atomic mass is 10.1. The van der Waals surface area contributed by atoms with E-state index in [9.17, 15) is 9.59 Å². The Hall–Kier alpha value is -3.52. The predicted molar refractivity (Wildman–Crippen MR) is 111 cm³/mol. The van der Waals surface area contributed by atoms with Crippen LogP contribution in [0.3, 0.4) is 0 Å². The summed E-state index contributed by atoms with van der Waals surface area (Å²) in [5.41, 5.74) is 8.36. The molecule has 3 aromatic rings. The van der Waals surface area contributed by atoms with Gasteiger partial charge in [-0.2, -0.15) is 5.10 Å². The molecule has 29 heavy (non-hydrogen) atoms. The van der Waals surface area contributed by atoms with Gasteiger partial charge in [0, 0.05) is 30.3 Å². The Balaban J connectivity index is 1.50. The third-order valence-corrected chi connectivity index (χ3v) is 4.86. The molecule has 150 valence electrons. The summed E-state index contributed by atoms with van der Waals surface area (Å²) < 4.78 is 1.71. The maximum Gasteiger partial charge on any atom is 0.248 e. The highest BCUT2D eigenvalue weighted by Crippen LogP contribution is 2.20. The minimum atomic E-state index is -0.493. The maximum absolute atomic E-state index is 12.2. The Morgan fingerprint density at radius 3 is 2.41 bits per heavy atom. The molecule has 0 aliphatic rings. The van der Waals surface area contributed by atoms with Crippen LogP contribution in [0.15, 0.2) is 61.2 Å². The van der Waals surface area contributed by atoms with Crippen LogP contribution in [0, 0.1) is 0 Å². The summed E-state index contributed by atoms with van der Waals surface area (Å²) in [4.78, 5) is 29.4. The largest absolute Gasteiger partial charge is 0.366 e. The molecular weight excluding hydrogens is 368 g/mol. The zero-order valence-corrected chi connectivity index (χ0v) is 16.4. The average Bonchev–Trinajstić information content (AvgIpc) is 3.27. The van der Waals surface area contributed by atoms with Crippen LogP contribution in [0.5, 0.6) is 0 Å². The molecule has 0 aliphatic heterocycles. The first-order chi connectivity index (χ1) is 13.9. The first-order valence-corrected chi connectivity index (χ1v) is 9.29. The molecule has 0 bridgehead atoms. The molecule has 3 rings (SSSR count). The molecule has 0 spiro atoms. The summed E-state index contributed by atoms with van der Waals surface area (Å²) in [6, 6.07) is 14.8. The number of rotatable bonds is 8. The Bertz CT molecular complexity index is 952. The molecule has 8 heteroatoms. The maximum atomic E-state index is 12.2. The quantitative estimate of drug-likeness (QED) is 0.612. The topological polar surface area (TPSA) is 106 Å². The number of primary amides is 1. The highest BCUT2D eigenvalue weighted by Gasteiger charge is 2.13. The molecule has 0 aliphatic carbocycles. The normalized spacial score (nSPS) is 12.0. The fraction of sp³-hybridized carbons (Fsp3) is 0.238. The van der Waals surface area contributed by atoms with Gasteiger partial charge in [-0.25, -0.2) is 9.67 Å². The lowest BCUT2D eigenvalue weighted by molar-refractivity contribution is -0.116. The SMILES string of the molecule is CC(c1ccc(-n2cncn2)cc1)N(C)CCC(=O)Nc1ccc(C(N)=O)cc1. The first kappa shape index (κ1) is 20.2. The number of carbonyl (C=O) groups is 2. The molecule has 3 N–H and O–H groups in total. The number of hydrogen-bond donors (Lipinski definition) is 2. The van der Waals surface area contributed by atoms with Crippen LogP contribution in [0.2, 0.25) is 0 Å². The zero-order chi connectivity index (χ0) is 20.8. The van der Waals surface area contributed by atoms with Gasteiger partial charge in [0.2, 0.25) is 11.8 Å². The van der Waals surface area contributed by atoms with Crippen LogP contribution >= 0.6 is 0 Å². The second-order valence-electron chi connectivity index (χ2n) is 6.83. The minimum absolute atomic E-state index is 0.0857. The molecular formula is C21H24N6O2. The van der Waals surface area contributed by atoms with Crippen LogP contribution in [-0.4, -0.2) is 45.1 Å². The van der Waals surface area contributed by atoms with Crippen molar-refractivity contribution in [2.45, 2.75) is 19.4 Å². The Morgan fingerprint density at radius 2 is 1.83 bits per heavy atom. The van der Waals surface area contributed by atoms with E-state index < -0.39 is 5.91 Å². The van der Waals surface area contributed by atoms with Gasteiger partial charge in [0.25, 0.3) is 0 Å². The second-order valence-corrected chi connectivity index (χ2v) is 6.83. The molecule has 1 aromatic heterocycles. The van der Waals surface area contributed by atoms with Crippen molar-refractivity contribution in [1.29, 1.82) is 0 Å². The lowest BCUT2D eigenvalue weighted by Gasteiger charge is -2.25. The number of nitrogens with two attached hydrogens (primary N) is 1. The van der Waals surface area contributed by atoms with Crippen LogP contribution in [0.25, 0.3) is 5.69 Å². The molecule has 2 aromatic carbocycles. The molecule has 0 saturated heterocycles. The Morgan fingerprint density at radius 1 is 1.14 bits per heavy atom. The summed E-state index contributed by atoms with van der Waals surface area (Å²) in [6.07, 6.45) is 3.52. The van der Waals surface area contributed by atoms with Gasteiger partial charge in [0.15, 0.2) is 0 Å². The van der Waals surface area contributed by atoms with E-state index in [-0.39, 0.29) is 11.9 Å². The van der Waals surface area contributed by atoms with Gasteiger partial charge in [-0.05, 0) is 55.9 Å². The number of nitrogens with one attached hydrogen (secondary N) is 1. The second kappa shape index (κ2) is 9.11. The summed E-state index contributed by atoms with van der Waals surface area (Å²) in [6.45, 7) is 2.71. The average molecular weight is 392 g/mol. The number of aromatic nitrogens is 3. The number of amides is 2. The number of benzene rings is 2. The summed E-state index contributed by atoms with van der Waals surface area (Å²) in [5.74, 6) is -0.579. The van der Waals surface area contributed by atoms with Gasteiger partial charge >= 0.3 is 0 Å². The molecule has 0 fully saturated rings. The molecule has 0 radical (unpaired) electrons. The van der Waals surface area contributed by atoms with Crippen molar-refractivity contribution in [2.75, 3.05) is 18.9 Å². The van der Waals surface area contributed by atoms with Crippen molar-refractivity contribution in [3.05, 3.63) is 72.3 Å². The lowest BCUT2D eigenvalue weighted by Crippen LogP contribution is -2.27. The van der Waals surface area contributed by atoms with Gasteiger partial charge in [-0.15, -0.1) is 0 Å². The highest BCUT2D eigenvalue weighted by molar-refractivity contribution is 5.94. The first-order valence-electron chi connectivity index (χ1n) is 9.29. The molecule has 8 nitrogen and oxygen atoms in total. The van der Waals surface area contributed by atoms with Crippen molar-refractivity contribution in [2.24, 2.45) is 5.73 Å². The van der Waals surface area contributed by atoms with Gasteiger partial charge in [0.05, 0.1) is 5.69 Å². The number of anilines is 1. The van der Waals surface area contributed by atoms with Gasteiger partial charge < -0.3 is 11.1 Å². The van der Waals surface area contributed by atoms with Gasteiger partial charge in [-0.1, -0.05) is 12.1 Å². The van der Waals surface area contributed by atoms with Gasteiger partial charge in [-0.3, -0.25) is 14.5 Å². The van der Waals surface area contributed by atoms with E-state index in [4.69, 9.17) is 5.73 Å². The predicted octanol–water partition coefficient (Wildman–Crippen LogP) is 2.39. The van der Waals surface area contributed by atoms with Crippen LogP contribution < -0.4 is 11.1 Å². The Kier molecular flexibility index (Phi) is 6.36. The minimum Gasteiger partial charge on any atom is -0.366 e. The fourth-order valence-corrected chi connectivity index (χ4v) is 2.91. The zero-order valence-electron chi connectivity index (χ0n) is 16.4. The van der Waals surface area contributed by atoms with Gasteiger partial charge in [0.1, 0.15) is 12.7 Å². The van der Waals surface area contributed by atoms with Crippen molar-refractivity contribution >= 4 is 17.5 Å². The van der Waals surface area contributed by atoms with E-state index in [0.29, 0.717) is 24.2 Å². The van der Waals surface area contributed by atoms with E-state index >= 15 is 0 Å². The number of nitrogens with zero attached hydrogens (tertiary/aromatic N) is 4. The van der Waals surface area contributed by atoms with Crippen molar-refractivity contribution in [1.82, 2.24) is 19.7 Å². The molecule has 1 unspecified atom stereocenters. The molecule has 0 saturated carbocycles. The third kappa shape index (κ3) is 5.26. The molecule has 1 atom stereocenters. The van der Waals surface area contributed by atoms with Crippen molar-refractivity contribution in [3.8, 4) is 5.69 Å². The Labute approximate surface area is 169 Å². The summed E-state index contributed by atoms with van der Waals surface area (Å²) in [7, 11) is 1.99. The third-order valence-electron chi connectivity index (χ3n) is 4.86. The van der Waals surface area contributed by atoms with E-state index in [1.54, 1.807) is 35.3 Å². The fourth-order valence-electron chi connectivity index (χ4n) is 2.91. The monoisotopic (exact) mass is 392 g/mol. The van der Waals surface area contributed by atoms with E-state index in [2.05, 4.69) is 39.4 Å². The standard InChI is InChI=1S/C21H24N6O2/c1-15(16-5-9-19(10-6-16)27-14-23-13-24-27)26(2)12-11-20(28)25-18-7-3-17(4-8-18)21(22)29/h3-10,13-15H,11-12H2,1-2H3,(H2,22,29)(H,25,28). The number of hydrogen-bond acceptors (Lipinski definition) is 5. The van der Waals surface area contributed by atoms with E-state index in [1.165, 1.54) is 6.33 Å². The summed E-state index contributed by atoms with van der Waals surface area (Å²) in [5, 5.41) is 6.95. The molecule has 2 amide bonds. The highest BCUT2D eigenvalue weighted by atomic mass is 16.2. The van der Waals surface area contributed by atoms with Crippen LogP contribution in [0.1, 0.15) is 35.3 Å².